The minimum atomic E-state index is -0.678. The Morgan fingerprint density at radius 2 is 1.77 bits per heavy atom. The van der Waals surface area contributed by atoms with Crippen molar-refractivity contribution in [3.63, 3.8) is 0 Å². The van der Waals surface area contributed by atoms with Gasteiger partial charge in [-0.15, -0.1) is 0 Å². The van der Waals surface area contributed by atoms with Gasteiger partial charge < -0.3 is 24.1 Å². The van der Waals surface area contributed by atoms with E-state index in [1.165, 1.54) is 0 Å². The number of allylic oxidation sites excluding steroid dienone is 2. The SMILES string of the molecule is COc1ccc(OC)c(N2C(=N)C(=C(O)c3ccccc3)[C@@H](c3ccc4c(c3)OCO4)C3=C2CCCC3=O)c1. The number of aliphatic hydroxyl groups is 1. The number of carbonyl (C=O) groups excluding carboxylic acids is 1. The van der Waals surface area contributed by atoms with E-state index in [0.717, 1.165) is 11.3 Å². The molecule has 3 aromatic carbocycles. The average Bonchev–Trinajstić information content (AvgIpc) is 3.44. The van der Waals surface area contributed by atoms with E-state index in [1.54, 1.807) is 49.5 Å². The van der Waals surface area contributed by atoms with Crippen LogP contribution in [-0.4, -0.2) is 37.7 Å². The number of ether oxygens (including phenoxy) is 4. The van der Waals surface area contributed by atoms with Gasteiger partial charge in [0, 0.05) is 40.8 Å². The van der Waals surface area contributed by atoms with Crippen LogP contribution >= 0.6 is 0 Å². The molecule has 0 saturated carbocycles. The van der Waals surface area contributed by atoms with Crippen LogP contribution in [0, 0.1) is 5.41 Å². The third-order valence-corrected chi connectivity index (χ3v) is 7.41. The number of fused-ring (bicyclic) bond motifs is 1. The van der Waals surface area contributed by atoms with Crippen molar-refractivity contribution in [1.82, 2.24) is 0 Å². The van der Waals surface area contributed by atoms with Gasteiger partial charge in [-0.05, 0) is 42.7 Å². The topological polar surface area (TPSA) is 101 Å². The minimum Gasteiger partial charge on any atom is -0.507 e. The normalized spacial score (nSPS) is 19.6. The second-order valence-corrected chi connectivity index (χ2v) is 9.53. The van der Waals surface area contributed by atoms with Crippen LogP contribution in [0.25, 0.3) is 5.76 Å². The summed E-state index contributed by atoms with van der Waals surface area (Å²) in [4.78, 5) is 15.5. The molecule has 2 N–H and O–H groups in total. The molecule has 0 bridgehead atoms. The molecule has 0 radical (unpaired) electrons. The predicted molar refractivity (Wildman–Crippen MR) is 147 cm³/mol. The van der Waals surface area contributed by atoms with E-state index in [-0.39, 0.29) is 24.2 Å². The number of hydrogen-bond donors (Lipinski definition) is 2. The van der Waals surface area contributed by atoms with Gasteiger partial charge in [0.2, 0.25) is 6.79 Å². The zero-order chi connectivity index (χ0) is 27.1. The third-order valence-electron chi connectivity index (χ3n) is 7.41. The first kappa shape index (κ1) is 24.6. The van der Waals surface area contributed by atoms with Gasteiger partial charge in [-0.25, -0.2) is 0 Å². The molecule has 39 heavy (non-hydrogen) atoms. The number of methoxy groups -OCH3 is 2. The average molecular weight is 525 g/mol. The molecule has 2 heterocycles. The van der Waals surface area contributed by atoms with Gasteiger partial charge in [-0.2, -0.15) is 0 Å². The number of anilines is 1. The fourth-order valence-corrected chi connectivity index (χ4v) is 5.61. The summed E-state index contributed by atoms with van der Waals surface area (Å²) in [5, 5.41) is 21.3. The van der Waals surface area contributed by atoms with E-state index >= 15 is 0 Å². The van der Waals surface area contributed by atoms with Gasteiger partial charge in [0.05, 0.1) is 19.9 Å². The molecule has 8 nitrogen and oxygen atoms in total. The van der Waals surface area contributed by atoms with Crippen LogP contribution in [0.1, 0.15) is 36.3 Å². The monoisotopic (exact) mass is 524 g/mol. The minimum absolute atomic E-state index is 0.0170. The lowest BCUT2D eigenvalue weighted by molar-refractivity contribution is -0.116. The van der Waals surface area contributed by atoms with Gasteiger partial charge in [-0.1, -0.05) is 36.4 Å². The zero-order valence-corrected chi connectivity index (χ0v) is 21.7. The van der Waals surface area contributed by atoms with Crippen molar-refractivity contribution in [2.24, 2.45) is 0 Å². The quantitative estimate of drug-likeness (QED) is 0.395. The lowest BCUT2D eigenvalue weighted by Gasteiger charge is -2.42. The molecular weight excluding hydrogens is 496 g/mol. The maximum Gasteiger partial charge on any atom is 0.231 e. The van der Waals surface area contributed by atoms with Crippen molar-refractivity contribution >= 4 is 23.1 Å². The molecule has 3 aromatic rings. The Balaban J connectivity index is 1.66. The number of amidine groups is 1. The molecule has 2 aliphatic heterocycles. The molecule has 0 aromatic heterocycles. The summed E-state index contributed by atoms with van der Waals surface area (Å²) < 4.78 is 22.3. The van der Waals surface area contributed by atoms with Gasteiger partial charge in [0.25, 0.3) is 0 Å². The third kappa shape index (κ3) is 4.09. The Hall–Kier alpha value is -4.72. The first-order chi connectivity index (χ1) is 19.0. The van der Waals surface area contributed by atoms with Gasteiger partial charge in [0.15, 0.2) is 17.3 Å². The van der Waals surface area contributed by atoms with E-state index < -0.39 is 5.92 Å². The fraction of sp³-hybridized carbons (Fsp3) is 0.226. The second kappa shape index (κ2) is 9.87. The Morgan fingerprint density at radius 3 is 2.54 bits per heavy atom. The lowest BCUT2D eigenvalue weighted by atomic mass is 9.73. The summed E-state index contributed by atoms with van der Waals surface area (Å²) in [6, 6.07) is 20.0. The van der Waals surface area contributed by atoms with E-state index in [1.807, 2.05) is 36.4 Å². The Bertz CT molecular complexity index is 1540. The standard InChI is InChI=1S/C31H28N2O6/c1-36-20-12-14-24(37-2)22(16-20)33-21-9-6-10-23(34)28(21)27(19-11-13-25-26(15-19)39-17-38-25)29(31(33)32)30(35)18-7-4-3-5-8-18/h3-5,7-8,11-16,27,32,35H,6,9-10,17H2,1-2H3/t27-/m0/s1. The summed E-state index contributed by atoms with van der Waals surface area (Å²) in [6.45, 7) is 0.119. The van der Waals surface area contributed by atoms with Gasteiger partial charge in [-0.3, -0.25) is 15.1 Å². The number of nitrogens with one attached hydrogen (secondary N) is 1. The Labute approximate surface area is 226 Å². The van der Waals surface area contributed by atoms with Crippen LogP contribution in [0.2, 0.25) is 0 Å². The highest BCUT2D eigenvalue weighted by Crippen LogP contribution is 2.50. The molecule has 0 spiro atoms. The maximum absolute atomic E-state index is 13.7. The van der Waals surface area contributed by atoms with Crippen LogP contribution < -0.4 is 23.8 Å². The molecule has 0 amide bonds. The number of benzene rings is 3. The van der Waals surface area contributed by atoms with Crippen molar-refractivity contribution in [2.45, 2.75) is 25.2 Å². The molecule has 1 atom stereocenters. The van der Waals surface area contributed by atoms with Crippen LogP contribution in [0.5, 0.6) is 23.0 Å². The smallest absolute Gasteiger partial charge is 0.231 e. The predicted octanol–water partition coefficient (Wildman–Crippen LogP) is 5.99. The molecule has 0 saturated heterocycles. The molecule has 8 heteroatoms. The molecule has 0 unspecified atom stereocenters. The lowest BCUT2D eigenvalue weighted by Crippen LogP contribution is -2.42. The molecule has 6 rings (SSSR count). The highest BCUT2D eigenvalue weighted by Gasteiger charge is 2.44. The van der Waals surface area contributed by atoms with Crippen LogP contribution in [0.15, 0.2) is 83.6 Å². The number of nitrogens with zero attached hydrogens (tertiary/aromatic N) is 1. The fourth-order valence-electron chi connectivity index (χ4n) is 5.61. The molecular formula is C31H28N2O6. The van der Waals surface area contributed by atoms with Crippen molar-refractivity contribution < 1.29 is 28.8 Å². The summed E-state index contributed by atoms with van der Waals surface area (Å²) in [5.74, 6) is 1.58. The van der Waals surface area contributed by atoms with Crippen molar-refractivity contribution in [1.29, 1.82) is 5.41 Å². The first-order valence-electron chi connectivity index (χ1n) is 12.8. The van der Waals surface area contributed by atoms with Crippen molar-refractivity contribution in [3.8, 4) is 23.0 Å². The number of hydrogen-bond acceptors (Lipinski definition) is 7. The Kier molecular flexibility index (Phi) is 6.23. The molecule has 198 valence electrons. The van der Waals surface area contributed by atoms with E-state index in [2.05, 4.69) is 0 Å². The Morgan fingerprint density at radius 1 is 0.974 bits per heavy atom. The van der Waals surface area contributed by atoms with Gasteiger partial charge in [0.1, 0.15) is 23.1 Å². The number of ketones is 1. The van der Waals surface area contributed by atoms with Crippen molar-refractivity contribution in [2.75, 3.05) is 25.9 Å². The number of carbonyl (C=O) groups is 1. The zero-order valence-electron chi connectivity index (χ0n) is 21.7. The van der Waals surface area contributed by atoms with Crippen LogP contribution in [0.3, 0.4) is 0 Å². The highest BCUT2D eigenvalue weighted by atomic mass is 16.7. The van der Waals surface area contributed by atoms with Gasteiger partial charge >= 0.3 is 0 Å². The highest BCUT2D eigenvalue weighted by molar-refractivity contribution is 6.20. The summed E-state index contributed by atoms with van der Waals surface area (Å²) in [7, 11) is 3.14. The molecule has 0 fully saturated rings. The van der Waals surface area contributed by atoms with E-state index in [9.17, 15) is 15.3 Å². The molecule has 1 aliphatic carbocycles. The largest absolute Gasteiger partial charge is 0.507 e. The van der Waals surface area contributed by atoms with Crippen LogP contribution in [-0.2, 0) is 4.79 Å². The number of aliphatic hydroxyl groups excluding tert-OH is 1. The van der Waals surface area contributed by atoms with E-state index in [4.69, 9.17) is 18.9 Å². The maximum atomic E-state index is 13.7. The summed E-state index contributed by atoms with van der Waals surface area (Å²) >= 11 is 0. The summed E-state index contributed by atoms with van der Waals surface area (Å²) in [5.41, 5.74) is 3.44. The number of rotatable bonds is 5. The van der Waals surface area contributed by atoms with Crippen molar-refractivity contribution in [3.05, 3.63) is 94.7 Å². The second-order valence-electron chi connectivity index (χ2n) is 9.53. The van der Waals surface area contributed by atoms with E-state index in [0.29, 0.717) is 64.7 Å². The molecule has 3 aliphatic rings. The number of Topliss-reactive ketones (excluding diaryl/α,β-unsaturated/α-hetero) is 1. The summed E-state index contributed by atoms with van der Waals surface area (Å²) in [6.07, 6.45) is 1.63. The van der Waals surface area contributed by atoms with Crippen LogP contribution in [0.4, 0.5) is 5.69 Å². The first-order valence-corrected chi connectivity index (χ1v) is 12.8.